The van der Waals surface area contributed by atoms with Crippen LogP contribution in [-0.2, 0) is 9.53 Å². The number of halogens is 3. The van der Waals surface area contributed by atoms with E-state index in [9.17, 15) is 9.18 Å². The molecule has 176 valence electrons. The number of amides is 1. The number of nitrogens with one attached hydrogen (secondary N) is 2. The molecule has 0 spiro atoms. The lowest BCUT2D eigenvalue weighted by Gasteiger charge is -2.15. The van der Waals surface area contributed by atoms with Gasteiger partial charge in [-0.15, -0.1) is 0 Å². The molecule has 2 aliphatic rings. The summed E-state index contributed by atoms with van der Waals surface area (Å²) < 4.78 is 25.2. The molecule has 10 heteroatoms. The second kappa shape index (κ2) is 9.85. The minimum atomic E-state index is -0.505. The predicted molar refractivity (Wildman–Crippen MR) is 133 cm³/mol. The van der Waals surface area contributed by atoms with Gasteiger partial charge in [-0.2, -0.15) is 0 Å². The number of carbonyl (C=O) groups excluding carboxylic acids is 1. The van der Waals surface area contributed by atoms with E-state index in [1.54, 1.807) is 24.3 Å². The molecule has 2 heterocycles. The lowest BCUT2D eigenvalue weighted by Crippen LogP contribution is -2.12. The highest BCUT2D eigenvalue weighted by Gasteiger charge is 2.54. The van der Waals surface area contributed by atoms with E-state index in [1.807, 2.05) is 0 Å². The number of nitrogens with zero attached hydrogens (tertiary/aromatic N) is 2. The fourth-order valence-electron chi connectivity index (χ4n) is 4.23. The summed E-state index contributed by atoms with van der Waals surface area (Å²) in [4.78, 5) is 21.1. The number of ether oxygens (including phenoxy) is 2. The van der Waals surface area contributed by atoms with Crippen LogP contribution in [0.15, 0.2) is 48.8 Å². The van der Waals surface area contributed by atoms with Crippen LogP contribution >= 0.6 is 27.5 Å². The van der Waals surface area contributed by atoms with Crippen molar-refractivity contribution in [3.8, 4) is 5.75 Å². The Bertz CT molecular complexity index is 1260. The van der Waals surface area contributed by atoms with Gasteiger partial charge in [0.15, 0.2) is 0 Å². The second-order valence-corrected chi connectivity index (χ2v) is 9.28. The average Bonchev–Trinajstić information content (AvgIpc) is 3.24. The monoisotopic (exact) mass is 546 g/mol. The number of alkyl halides is 1. The summed E-state index contributed by atoms with van der Waals surface area (Å²) in [6, 6.07) is 7.89. The summed E-state index contributed by atoms with van der Waals surface area (Å²) in [7, 11) is 0. The highest BCUT2D eigenvalue weighted by molar-refractivity contribution is 9.09. The first-order chi connectivity index (χ1) is 16.5. The first-order valence-electron chi connectivity index (χ1n) is 10.8. The smallest absolute Gasteiger partial charge is 0.248 e. The fraction of sp³-hybridized carbons (Fsp3) is 0.292. The van der Waals surface area contributed by atoms with E-state index in [4.69, 9.17) is 21.1 Å². The zero-order chi connectivity index (χ0) is 23.7. The molecule has 5 rings (SSSR count). The van der Waals surface area contributed by atoms with Crippen molar-refractivity contribution in [2.75, 3.05) is 35.8 Å². The van der Waals surface area contributed by atoms with Crippen LogP contribution in [0.25, 0.3) is 10.9 Å². The molecule has 1 saturated heterocycles. The fourth-order valence-corrected chi connectivity index (χ4v) is 4.60. The van der Waals surface area contributed by atoms with Crippen LogP contribution in [0.4, 0.5) is 21.6 Å². The molecule has 2 fully saturated rings. The van der Waals surface area contributed by atoms with Gasteiger partial charge in [-0.05, 0) is 36.1 Å². The number of anilines is 3. The lowest BCUT2D eigenvalue weighted by atomic mass is 10.1. The SMILES string of the molecule is O=C(/C=C/CBr)Nc1cc2c(Nc3ccc(F)c(Cl)c3)ncnc2cc1OC[C@@H]1[C@@H]2COC[C@@H]21. The Labute approximate surface area is 208 Å². The summed E-state index contributed by atoms with van der Waals surface area (Å²) in [6.07, 6.45) is 4.59. The number of fused-ring (bicyclic) bond motifs is 2. The number of hydrogen-bond acceptors (Lipinski definition) is 6. The number of allylic oxidation sites excluding steroid dienone is 1. The van der Waals surface area contributed by atoms with Crippen molar-refractivity contribution in [1.82, 2.24) is 9.97 Å². The summed E-state index contributed by atoms with van der Waals surface area (Å²) in [5.74, 6) is 1.81. The van der Waals surface area contributed by atoms with Crippen LogP contribution in [0.2, 0.25) is 5.02 Å². The maximum absolute atomic E-state index is 13.6. The molecule has 2 aromatic carbocycles. The Morgan fingerprint density at radius 3 is 2.85 bits per heavy atom. The van der Waals surface area contributed by atoms with Gasteiger partial charge >= 0.3 is 0 Å². The third-order valence-corrected chi connectivity index (χ3v) is 6.76. The Kier molecular flexibility index (Phi) is 6.67. The van der Waals surface area contributed by atoms with Gasteiger partial charge < -0.3 is 20.1 Å². The molecule has 1 saturated carbocycles. The minimum Gasteiger partial charge on any atom is -0.491 e. The normalized spacial score (nSPS) is 21.0. The summed E-state index contributed by atoms with van der Waals surface area (Å²) >= 11 is 9.19. The molecule has 0 unspecified atom stereocenters. The van der Waals surface area contributed by atoms with Crippen molar-refractivity contribution in [3.63, 3.8) is 0 Å². The van der Waals surface area contributed by atoms with Crippen LogP contribution in [0.1, 0.15) is 0 Å². The summed E-state index contributed by atoms with van der Waals surface area (Å²) in [6.45, 7) is 2.12. The van der Waals surface area contributed by atoms with Crippen LogP contribution in [0.5, 0.6) is 5.75 Å². The van der Waals surface area contributed by atoms with E-state index in [0.29, 0.717) is 63.5 Å². The molecule has 1 aliphatic carbocycles. The van der Waals surface area contributed by atoms with Crippen molar-refractivity contribution < 1.29 is 18.7 Å². The van der Waals surface area contributed by atoms with Crippen molar-refractivity contribution in [1.29, 1.82) is 0 Å². The van der Waals surface area contributed by atoms with Crippen LogP contribution in [0, 0.1) is 23.6 Å². The zero-order valence-electron chi connectivity index (χ0n) is 17.9. The van der Waals surface area contributed by atoms with Gasteiger partial charge in [-0.1, -0.05) is 33.6 Å². The van der Waals surface area contributed by atoms with E-state index >= 15 is 0 Å². The summed E-state index contributed by atoms with van der Waals surface area (Å²) in [5, 5.41) is 7.26. The third-order valence-electron chi connectivity index (χ3n) is 6.10. The molecule has 1 amide bonds. The van der Waals surface area contributed by atoms with Crippen molar-refractivity contribution in [2.45, 2.75) is 0 Å². The van der Waals surface area contributed by atoms with E-state index in [0.717, 1.165) is 13.2 Å². The van der Waals surface area contributed by atoms with E-state index in [1.165, 1.54) is 24.5 Å². The van der Waals surface area contributed by atoms with Crippen LogP contribution in [0.3, 0.4) is 0 Å². The molecule has 1 aliphatic heterocycles. The number of rotatable bonds is 8. The number of benzene rings is 2. The van der Waals surface area contributed by atoms with E-state index < -0.39 is 5.82 Å². The molecule has 0 radical (unpaired) electrons. The Morgan fingerprint density at radius 2 is 2.09 bits per heavy atom. The van der Waals surface area contributed by atoms with Crippen molar-refractivity contribution in [3.05, 3.63) is 59.7 Å². The predicted octanol–water partition coefficient (Wildman–Crippen LogP) is 5.33. The van der Waals surface area contributed by atoms with E-state index in [2.05, 4.69) is 36.5 Å². The van der Waals surface area contributed by atoms with Gasteiger partial charge in [0, 0.05) is 34.5 Å². The molecular weight excluding hydrogens is 527 g/mol. The highest BCUT2D eigenvalue weighted by Crippen LogP contribution is 2.51. The molecule has 7 nitrogen and oxygen atoms in total. The quantitative estimate of drug-likeness (QED) is 0.293. The van der Waals surface area contributed by atoms with Gasteiger partial charge in [-0.25, -0.2) is 14.4 Å². The first kappa shape index (κ1) is 23.0. The summed E-state index contributed by atoms with van der Waals surface area (Å²) in [5.41, 5.74) is 1.71. The topological polar surface area (TPSA) is 85.4 Å². The molecule has 34 heavy (non-hydrogen) atoms. The minimum absolute atomic E-state index is 0.000761. The van der Waals surface area contributed by atoms with Crippen LogP contribution < -0.4 is 15.4 Å². The second-order valence-electron chi connectivity index (χ2n) is 8.23. The van der Waals surface area contributed by atoms with Gasteiger partial charge in [0.05, 0.1) is 36.0 Å². The largest absolute Gasteiger partial charge is 0.491 e. The van der Waals surface area contributed by atoms with Gasteiger partial charge in [-0.3, -0.25) is 4.79 Å². The standard InChI is InChI=1S/C24H21BrClFN4O3/c25-5-1-2-23(32)31-21-7-14-20(8-22(21)34-11-17-15-9-33-10-16(15)17)28-12-29-24(14)30-13-3-4-19(27)18(26)6-13/h1-4,6-8,12,15-17H,5,9-11H2,(H,31,32)(H,28,29,30)/b2-1+/t15-,16+,17-. The first-order valence-corrected chi connectivity index (χ1v) is 12.3. The molecule has 3 aromatic rings. The average molecular weight is 548 g/mol. The third kappa shape index (κ3) is 4.87. The number of hydrogen-bond donors (Lipinski definition) is 2. The van der Waals surface area contributed by atoms with E-state index in [-0.39, 0.29) is 10.9 Å². The van der Waals surface area contributed by atoms with Gasteiger partial charge in [0.1, 0.15) is 23.7 Å². The lowest BCUT2D eigenvalue weighted by molar-refractivity contribution is -0.111. The van der Waals surface area contributed by atoms with Gasteiger partial charge in [0.2, 0.25) is 5.91 Å². The maximum Gasteiger partial charge on any atom is 0.248 e. The highest BCUT2D eigenvalue weighted by atomic mass is 79.9. The molecular formula is C24H21BrClFN4O3. The molecule has 1 aromatic heterocycles. The Hall–Kier alpha value is -2.75. The van der Waals surface area contributed by atoms with Gasteiger partial charge in [0.25, 0.3) is 0 Å². The molecule has 0 bridgehead atoms. The Balaban J connectivity index is 1.46. The molecule has 3 atom stereocenters. The van der Waals surface area contributed by atoms with Crippen LogP contribution in [-0.4, -0.2) is 41.0 Å². The number of carbonyl (C=O) groups is 1. The molecule has 2 N–H and O–H groups in total. The maximum atomic E-state index is 13.6. The van der Waals surface area contributed by atoms with Crippen molar-refractivity contribution >= 4 is 61.5 Å². The Morgan fingerprint density at radius 1 is 1.26 bits per heavy atom. The zero-order valence-corrected chi connectivity index (χ0v) is 20.3. The van der Waals surface area contributed by atoms with Crippen molar-refractivity contribution in [2.24, 2.45) is 17.8 Å². The number of aromatic nitrogens is 2.